The summed E-state index contributed by atoms with van der Waals surface area (Å²) in [6.07, 6.45) is 0. The van der Waals surface area contributed by atoms with Crippen molar-refractivity contribution in [2.45, 2.75) is 30.6 Å². The van der Waals surface area contributed by atoms with Crippen LogP contribution in [-0.2, 0) is 10.8 Å². The SMILES string of the molecule is CC(C)c1cc(-c2ccc3c(c2)C2(c4ccccc4-c4cc(-c5ccc6c7ccccc7n(-c7cc(-c8ccc9c(c8)C8(c%10ccccc%10-c%10ccccc%108)c8ccccc8-9)cc(-n8c9ccccc9c9ccccc98)c7)c6c5)ccc42)c2ccccc2-3)cc(-c2ccc3cc(-c4ccc5ccccc5c4)ccc3c2)c1. The molecule has 1 atom stereocenters. The zero-order valence-electron chi connectivity index (χ0n) is 61.3. The van der Waals surface area contributed by atoms with E-state index in [1.165, 1.54) is 199 Å². The molecular formula is C109H70N2. The van der Waals surface area contributed by atoms with Gasteiger partial charge in [-0.2, -0.15) is 0 Å². The highest BCUT2D eigenvalue weighted by molar-refractivity contribution is 6.12. The number of benzene rings is 18. The maximum absolute atomic E-state index is 2.55. The fraction of sp³-hybridized carbons (Fsp3) is 0.0459. The maximum atomic E-state index is 2.55. The van der Waals surface area contributed by atoms with Crippen molar-refractivity contribution in [2.24, 2.45) is 0 Å². The van der Waals surface area contributed by atoms with Gasteiger partial charge < -0.3 is 9.13 Å². The van der Waals surface area contributed by atoms with E-state index in [1.807, 2.05) is 0 Å². The number of hydrogen-bond acceptors (Lipinski definition) is 0. The molecule has 0 saturated heterocycles. The van der Waals surface area contributed by atoms with Gasteiger partial charge in [-0.15, -0.1) is 0 Å². The third-order valence-corrected chi connectivity index (χ3v) is 25.6. The first-order chi connectivity index (χ1) is 54.8. The highest BCUT2D eigenvalue weighted by Crippen LogP contribution is 2.65. The van der Waals surface area contributed by atoms with E-state index < -0.39 is 10.8 Å². The first-order valence-corrected chi connectivity index (χ1v) is 39.1. The lowest BCUT2D eigenvalue weighted by Crippen LogP contribution is -2.25. The van der Waals surface area contributed by atoms with E-state index >= 15 is 0 Å². The fourth-order valence-electron chi connectivity index (χ4n) is 20.7. The fourth-order valence-corrected chi connectivity index (χ4v) is 20.7. The summed E-state index contributed by atoms with van der Waals surface area (Å²) in [6.45, 7) is 4.65. The van der Waals surface area contributed by atoms with Crippen LogP contribution >= 0.6 is 0 Å². The van der Waals surface area contributed by atoms with Gasteiger partial charge in [-0.3, -0.25) is 0 Å². The molecule has 0 fully saturated rings. The molecule has 1 unspecified atom stereocenters. The van der Waals surface area contributed by atoms with Crippen LogP contribution in [0.4, 0.5) is 0 Å². The molecular weight excluding hydrogens is 1340 g/mol. The Morgan fingerprint density at radius 3 is 0.991 bits per heavy atom. The minimum absolute atomic E-state index is 0.325. The van der Waals surface area contributed by atoms with Gasteiger partial charge in [-0.25, -0.2) is 0 Å². The molecule has 111 heavy (non-hydrogen) atoms. The van der Waals surface area contributed by atoms with Crippen LogP contribution in [-0.4, -0.2) is 9.13 Å². The van der Waals surface area contributed by atoms with Crippen LogP contribution in [0.2, 0.25) is 0 Å². The summed E-state index contributed by atoms with van der Waals surface area (Å²) < 4.78 is 5.05. The van der Waals surface area contributed by atoms with Gasteiger partial charge in [0.1, 0.15) is 0 Å². The molecule has 0 bridgehead atoms. The number of para-hydroxylation sites is 3. The van der Waals surface area contributed by atoms with E-state index in [0.717, 1.165) is 28.0 Å². The molecule has 2 spiro atoms. The third-order valence-electron chi connectivity index (χ3n) is 25.6. The molecule has 4 aliphatic rings. The van der Waals surface area contributed by atoms with Crippen molar-refractivity contribution in [1.82, 2.24) is 9.13 Å². The third kappa shape index (κ3) is 8.73. The normalized spacial score (nSPS) is 14.4. The second kappa shape index (κ2) is 23.3. The average Bonchev–Trinajstić information content (AvgIpc) is 1.54. The van der Waals surface area contributed by atoms with Crippen LogP contribution in [0.15, 0.2) is 382 Å². The van der Waals surface area contributed by atoms with Crippen LogP contribution in [0, 0.1) is 0 Å². The molecule has 0 saturated carbocycles. The van der Waals surface area contributed by atoms with E-state index in [4.69, 9.17) is 0 Å². The van der Waals surface area contributed by atoms with Gasteiger partial charge >= 0.3 is 0 Å². The largest absolute Gasteiger partial charge is 0.309 e. The number of nitrogens with zero attached hydrogens (tertiary/aromatic N) is 2. The molecule has 2 heteroatoms. The number of aromatic nitrogens is 2. The second-order valence-electron chi connectivity index (χ2n) is 31.5. The number of hydrogen-bond donors (Lipinski definition) is 0. The highest BCUT2D eigenvalue weighted by Gasteiger charge is 2.53. The molecule has 2 heterocycles. The summed E-state index contributed by atoms with van der Waals surface area (Å²) in [7, 11) is 0. The van der Waals surface area contributed by atoms with E-state index in [9.17, 15) is 0 Å². The maximum Gasteiger partial charge on any atom is 0.0725 e. The lowest BCUT2D eigenvalue weighted by Gasteiger charge is -2.31. The van der Waals surface area contributed by atoms with Crippen LogP contribution in [0.25, 0.3) is 177 Å². The van der Waals surface area contributed by atoms with Gasteiger partial charge in [-0.05, 0) is 263 Å². The molecule has 516 valence electrons. The van der Waals surface area contributed by atoms with E-state index in [1.54, 1.807) is 0 Å². The second-order valence-corrected chi connectivity index (χ2v) is 31.5. The summed E-state index contributed by atoms with van der Waals surface area (Å²) >= 11 is 0. The van der Waals surface area contributed by atoms with Crippen LogP contribution < -0.4 is 0 Å². The van der Waals surface area contributed by atoms with Gasteiger partial charge in [0, 0.05) is 32.9 Å². The average molecular weight is 1410 g/mol. The van der Waals surface area contributed by atoms with Crippen LogP contribution in [0.5, 0.6) is 0 Å². The molecule has 4 aliphatic carbocycles. The zero-order chi connectivity index (χ0) is 73.0. The predicted molar refractivity (Wildman–Crippen MR) is 464 cm³/mol. The number of rotatable bonds is 8. The van der Waals surface area contributed by atoms with Gasteiger partial charge in [0.2, 0.25) is 0 Å². The highest BCUT2D eigenvalue weighted by atomic mass is 15.0. The Morgan fingerprint density at radius 1 is 0.189 bits per heavy atom. The minimum Gasteiger partial charge on any atom is -0.309 e. The minimum atomic E-state index is -0.556. The molecule has 2 aromatic heterocycles. The Labute approximate surface area is 644 Å². The molecule has 0 aliphatic heterocycles. The summed E-state index contributed by atoms with van der Waals surface area (Å²) in [5.41, 5.74) is 40.2. The monoisotopic (exact) mass is 1410 g/mol. The summed E-state index contributed by atoms with van der Waals surface area (Å²) in [6, 6.07) is 146. The quantitative estimate of drug-likeness (QED) is 0.143. The van der Waals surface area contributed by atoms with Crippen molar-refractivity contribution in [3.63, 3.8) is 0 Å². The molecule has 0 amide bonds. The molecule has 18 aromatic carbocycles. The van der Waals surface area contributed by atoms with Gasteiger partial charge in [0.25, 0.3) is 0 Å². The summed E-state index contributed by atoms with van der Waals surface area (Å²) in [4.78, 5) is 0. The molecule has 0 N–H and O–H groups in total. The van der Waals surface area contributed by atoms with E-state index in [0.29, 0.717) is 5.92 Å². The number of fused-ring (bicyclic) bond motifs is 28. The molecule has 2 nitrogen and oxygen atoms in total. The molecule has 0 radical (unpaired) electrons. The van der Waals surface area contributed by atoms with Crippen molar-refractivity contribution in [3.05, 3.63) is 432 Å². The first kappa shape index (κ1) is 62.2. The zero-order valence-corrected chi connectivity index (χ0v) is 61.3. The standard InChI is InChI=1S/C109H70N2/c1-66(2)78-56-79(73-44-43-71-54-70(41-42-72(71)55-73)69-40-39-67-21-3-4-22-68(67)53-69)58-80(57-78)75-45-49-90-87-26-8-16-34-99(87)109(103(90)62-75)100-35-17-9-27-88(100)95-61-74(48-52-101(95)109)77-47-51-94-93-30-12-20-38-106(93)111(107(94)64-77)83-60-81(59-82(65-83)110-104-36-18-10-28-91(104)92-29-11-19-37-105(92)110)76-46-50-89-86-25-7-15-33-98(86)108(102(89)63-76)96-31-13-5-23-84(96)85-24-6-14-32-97(85)108/h3-66H,1-2H3. The van der Waals surface area contributed by atoms with Crippen molar-refractivity contribution in [1.29, 1.82) is 0 Å². The van der Waals surface area contributed by atoms with Crippen molar-refractivity contribution < 1.29 is 0 Å². The molecule has 20 aromatic rings. The Morgan fingerprint density at radius 2 is 0.505 bits per heavy atom. The summed E-state index contributed by atoms with van der Waals surface area (Å²) in [5.74, 6) is 0.325. The van der Waals surface area contributed by atoms with E-state index in [-0.39, 0.29) is 0 Å². The Bertz CT molecular complexity index is 7340. The molecule has 24 rings (SSSR count). The van der Waals surface area contributed by atoms with Crippen molar-refractivity contribution >= 4 is 65.2 Å². The van der Waals surface area contributed by atoms with Crippen LogP contribution in [0.1, 0.15) is 69.8 Å². The Hall–Kier alpha value is -13.9. The lowest BCUT2D eigenvalue weighted by molar-refractivity contribution is 0.794. The Balaban J connectivity index is 0.656. The topological polar surface area (TPSA) is 9.86 Å². The van der Waals surface area contributed by atoms with Gasteiger partial charge in [-0.1, -0.05) is 311 Å². The van der Waals surface area contributed by atoms with Crippen molar-refractivity contribution in [2.75, 3.05) is 0 Å². The van der Waals surface area contributed by atoms with Crippen LogP contribution in [0.3, 0.4) is 0 Å². The van der Waals surface area contributed by atoms with Crippen molar-refractivity contribution in [3.8, 4) is 112 Å². The predicted octanol–water partition coefficient (Wildman–Crippen LogP) is 28.3. The van der Waals surface area contributed by atoms with Gasteiger partial charge in [0.15, 0.2) is 0 Å². The van der Waals surface area contributed by atoms with Gasteiger partial charge in [0.05, 0.1) is 32.9 Å². The summed E-state index contributed by atoms with van der Waals surface area (Å²) in [5, 5.41) is 9.89. The first-order valence-electron chi connectivity index (χ1n) is 39.1. The van der Waals surface area contributed by atoms with E-state index in [2.05, 4.69) is 405 Å². The smallest absolute Gasteiger partial charge is 0.0725 e. The Kier molecular flexibility index (Phi) is 13.0. The lowest BCUT2D eigenvalue weighted by atomic mass is 9.70.